The Morgan fingerprint density at radius 1 is 0.684 bits per heavy atom. The van der Waals surface area contributed by atoms with E-state index in [0.29, 0.717) is 100 Å². The van der Waals surface area contributed by atoms with Gasteiger partial charge in [0.1, 0.15) is 35.8 Å². The largest absolute Gasteiger partial charge is 0.496 e. The Morgan fingerprint density at radius 2 is 1.19 bits per heavy atom. The van der Waals surface area contributed by atoms with E-state index in [4.69, 9.17) is 19.1 Å². The minimum atomic E-state index is -0.881. The number of nitrogens with one attached hydrogen (secondary N) is 3. The van der Waals surface area contributed by atoms with Crippen LogP contribution in [0.15, 0.2) is 84.9 Å². The molecule has 13 rings (SSSR count). The van der Waals surface area contributed by atoms with Gasteiger partial charge in [0, 0.05) is 83.4 Å². The Hall–Kier alpha value is -5.84. The lowest BCUT2D eigenvalue weighted by molar-refractivity contribution is -0.183. The van der Waals surface area contributed by atoms with E-state index in [1.165, 1.54) is 12.8 Å². The van der Waals surface area contributed by atoms with Crippen LogP contribution in [0.1, 0.15) is 139 Å². The number of methoxy groups -OCH3 is 2. The molecule has 2 unspecified atom stereocenters. The maximum atomic E-state index is 14.2. The molecule has 7 N–H and O–H groups in total. The van der Waals surface area contributed by atoms with Crippen molar-refractivity contribution in [2.45, 2.75) is 169 Å². The highest BCUT2D eigenvalue weighted by Crippen LogP contribution is 2.64. The molecule has 520 valence electrons. The minimum Gasteiger partial charge on any atom is -0.496 e. The number of carbonyl (C=O) groups is 4. The Kier molecular flexibility index (Phi) is 23.1. The summed E-state index contributed by atoms with van der Waals surface area (Å²) in [5.74, 6) is 3.22. The Labute approximate surface area is 563 Å². The molecule has 3 heterocycles. The number of rotatable bonds is 25. The number of aliphatic hydroxyl groups is 4. The van der Waals surface area contributed by atoms with E-state index in [1.54, 1.807) is 44.3 Å². The zero-order valence-corrected chi connectivity index (χ0v) is 58.6. The number of aliphatic hydroxyl groups excluding tert-OH is 4. The number of ketones is 1. The van der Waals surface area contributed by atoms with Crippen molar-refractivity contribution in [1.82, 2.24) is 35.9 Å². The second-order valence-corrected chi connectivity index (χ2v) is 30.1. The molecule has 95 heavy (non-hydrogen) atoms. The maximum absolute atomic E-state index is 14.2. The summed E-state index contributed by atoms with van der Waals surface area (Å²) >= 11 is 0. The first-order chi connectivity index (χ1) is 45.3. The lowest BCUT2D eigenvalue weighted by Crippen LogP contribution is -2.62. The monoisotopic (exact) mass is 1310 g/mol. The Bertz CT molecular complexity index is 3320. The molecular weight excluding hydrogens is 1200 g/mol. The van der Waals surface area contributed by atoms with Gasteiger partial charge in [0.15, 0.2) is 5.78 Å². The van der Waals surface area contributed by atoms with Gasteiger partial charge in [0.25, 0.3) is 11.8 Å². The number of ether oxygens (including phenoxy) is 2. The van der Waals surface area contributed by atoms with Crippen LogP contribution in [0, 0.1) is 64.1 Å². The van der Waals surface area contributed by atoms with Crippen molar-refractivity contribution in [2.75, 3.05) is 74.3 Å². The van der Waals surface area contributed by atoms with Crippen LogP contribution >= 0.6 is 0 Å². The van der Waals surface area contributed by atoms with E-state index < -0.39 is 48.3 Å². The van der Waals surface area contributed by atoms with Crippen LogP contribution in [0.3, 0.4) is 0 Å². The maximum Gasteiger partial charge on any atom is 0.251 e. The predicted molar refractivity (Wildman–Crippen MR) is 367 cm³/mol. The molecule has 9 aliphatic rings. The molecule has 4 bridgehead atoms. The number of para-hydroxylation sites is 2. The van der Waals surface area contributed by atoms with Gasteiger partial charge < -0.3 is 50.8 Å². The number of fused-ring (bicyclic) bond motifs is 4. The van der Waals surface area contributed by atoms with Crippen molar-refractivity contribution < 1.29 is 58.8 Å². The molecule has 3 saturated heterocycles. The summed E-state index contributed by atoms with van der Waals surface area (Å²) in [5.41, 5.74) is 6.64. The number of nitrogens with zero attached hydrogens (tertiary/aromatic N) is 4. The summed E-state index contributed by atoms with van der Waals surface area (Å²) in [6.45, 7) is 23.2. The smallest absolute Gasteiger partial charge is 0.251 e. The SMILES string of the molecule is CCN1CCC[C@H]1CNC(=O)c1cccc(-c2cccc(CN3O[C@@H](CO)[C@H]([C@H](C)O)[C@H]3C(=O)C[C@H]3C[C@H]4C[C@@H]([C@@H]3C)C4(C)C)c2OC)c1.COc1c(CN2O[C@@H](CO)C(C(C)O)[C@H]2C(=O)N[C@H]2C[C@H]3C[C@@H]([C@@H]2C)C3(C)C)cccc1-c1cccc(C(=O)NCCN(C)C)c1. The third-order valence-electron chi connectivity index (χ3n) is 23.9. The zero-order valence-electron chi connectivity index (χ0n) is 58.6. The van der Waals surface area contributed by atoms with Crippen molar-refractivity contribution in [1.29, 1.82) is 0 Å². The molecule has 4 aromatic rings. The molecule has 0 radical (unpaired) electrons. The number of hydrogen-bond acceptors (Lipinski definition) is 16. The van der Waals surface area contributed by atoms with Crippen LogP contribution < -0.4 is 25.4 Å². The van der Waals surface area contributed by atoms with Gasteiger partial charge in [0.05, 0.1) is 52.7 Å². The standard InChI is InChI=1S/C40H57N3O6.C36H52N4O6/c1-7-42-16-10-14-31(42)21-41-39(47)27-12-8-11-26(17-27)32-15-9-13-28(38(32)48-6)22-43-37(36(25(3)45)35(23-44)49-43)34(46)19-29-18-30-20-33(24(29)2)40(30,4)5;1-21-28-17-26(36(28,3)4)18-29(21)38-35(44)32-31(22(2)42)30(20-41)46-40(32)19-25-12-9-13-27(33(25)45-7)23-10-8-11-24(16-23)34(43)37-14-15-39(5)6/h8-9,11-13,15,17,24-25,29-31,33,35-37,44-45H,7,10,14,16,18-23H2,1-6H3,(H,41,47);8-13,16,21-22,26,28-32,41-42H,14-15,17-20H2,1-7H3,(H,37,43)(H,38,44)/t24-,25+,29-,30+,31+,33+,35+,36+,37-;21-,22?,26+,28-,29-,30-,31?,32-/m10/s1. The first-order valence-corrected chi connectivity index (χ1v) is 35.1. The highest BCUT2D eigenvalue weighted by atomic mass is 16.7. The molecule has 9 fully saturated rings. The summed E-state index contributed by atoms with van der Waals surface area (Å²) in [4.78, 5) is 71.3. The van der Waals surface area contributed by atoms with Crippen LogP contribution in [-0.4, -0.2) is 187 Å². The van der Waals surface area contributed by atoms with Crippen molar-refractivity contribution in [2.24, 2.45) is 64.1 Å². The number of likely N-dealkylation sites (tertiary alicyclic amines) is 1. The molecular formula is C76H109N7O12. The van der Waals surface area contributed by atoms with Gasteiger partial charge in [-0.05, 0) is 167 Å². The number of benzene rings is 4. The average Bonchev–Trinajstić information content (AvgIpc) is 1.32. The van der Waals surface area contributed by atoms with Crippen molar-refractivity contribution in [3.8, 4) is 33.8 Å². The predicted octanol–water partition coefficient (Wildman–Crippen LogP) is 8.64. The van der Waals surface area contributed by atoms with Gasteiger partial charge in [-0.3, -0.25) is 33.8 Å². The molecule has 6 aliphatic carbocycles. The molecule has 0 spiro atoms. The van der Waals surface area contributed by atoms with E-state index in [9.17, 15) is 39.6 Å². The first kappa shape index (κ1) is 71.9. The first-order valence-electron chi connectivity index (χ1n) is 35.1. The molecule has 0 aromatic heterocycles. The van der Waals surface area contributed by atoms with Crippen LogP contribution in [-0.2, 0) is 32.4 Å². The fraction of sp³-hybridized carbons (Fsp3) is 0.632. The van der Waals surface area contributed by atoms with Crippen LogP contribution in [0.2, 0.25) is 0 Å². The second kappa shape index (κ2) is 30.5. The molecule has 17 atom stereocenters. The lowest BCUT2D eigenvalue weighted by atomic mass is 9.43. The van der Waals surface area contributed by atoms with Gasteiger partial charge >= 0.3 is 0 Å². The zero-order chi connectivity index (χ0) is 68.4. The molecule has 3 amide bonds. The average molecular weight is 1310 g/mol. The van der Waals surface area contributed by atoms with Gasteiger partial charge in [-0.15, -0.1) is 0 Å². The van der Waals surface area contributed by atoms with Crippen LogP contribution in [0.4, 0.5) is 0 Å². The summed E-state index contributed by atoms with van der Waals surface area (Å²) < 4.78 is 11.9. The van der Waals surface area contributed by atoms with Gasteiger partial charge in [-0.2, -0.15) is 10.1 Å². The minimum absolute atomic E-state index is 0.0548. The fourth-order valence-electron chi connectivity index (χ4n) is 18.0. The molecule has 3 aliphatic heterocycles. The molecule has 19 heteroatoms. The van der Waals surface area contributed by atoms with E-state index in [-0.39, 0.29) is 55.8 Å². The van der Waals surface area contributed by atoms with Gasteiger partial charge in [-0.1, -0.05) is 109 Å². The van der Waals surface area contributed by atoms with Gasteiger partial charge in [-0.25, -0.2) is 0 Å². The Balaban J connectivity index is 0.000000207. The van der Waals surface area contributed by atoms with Crippen molar-refractivity contribution >= 4 is 23.5 Å². The number of likely N-dealkylation sites (N-methyl/N-ethyl adjacent to an activating group) is 2. The third kappa shape index (κ3) is 15.0. The van der Waals surface area contributed by atoms with E-state index in [1.807, 2.05) is 97.9 Å². The number of hydrogen-bond donors (Lipinski definition) is 7. The number of hydroxylamine groups is 4. The molecule has 6 saturated carbocycles. The fourth-order valence-corrected chi connectivity index (χ4v) is 18.0. The summed E-state index contributed by atoms with van der Waals surface area (Å²) in [5, 5.41) is 54.9. The highest BCUT2D eigenvalue weighted by molar-refractivity contribution is 5.96. The molecule has 4 aromatic carbocycles. The number of Topliss-reactive ketones (excluding diaryl/α,β-unsaturated/α-hetero) is 1. The summed E-state index contributed by atoms with van der Waals surface area (Å²) in [6, 6.07) is 25.6. The quantitative estimate of drug-likeness (QED) is 0.0329. The lowest BCUT2D eigenvalue weighted by Gasteiger charge is -2.62. The van der Waals surface area contributed by atoms with Gasteiger partial charge in [0.2, 0.25) is 5.91 Å². The topological polar surface area (TPSA) is 235 Å². The van der Waals surface area contributed by atoms with E-state index >= 15 is 0 Å². The highest BCUT2D eigenvalue weighted by Gasteiger charge is 2.59. The second-order valence-electron chi connectivity index (χ2n) is 30.1. The number of amides is 3. The molecule has 19 nitrogen and oxygen atoms in total. The summed E-state index contributed by atoms with van der Waals surface area (Å²) in [7, 11) is 7.14. The Morgan fingerprint density at radius 3 is 1.67 bits per heavy atom. The normalized spacial score (nSPS) is 30.5. The van der Waals surface area contributed by atoms with E-state index in [2.05, 4.69) is 69.3 Å². The van der Waals surface area contributed by atoms with Crippen LogP contribution in [0.5, 0.6) is 11.5 Å². The van der Waals surface area contributed by atoms with Crippen molar-refractivity contribution in [3.05, 3.63) is 107 Å². The van der Waals surface area contributed by atoms with Crippen molar-refractivity contribution in [3.63, 3.8) is 0 Å². The summed E-state index contributed by atoms with van der Waals surface area (Å²) in [6.07, 6.45) is 4.02. The van der Waals surface area contributed by atoms with Crippen LogP contribution in [0.25, 0.3) is 22.3 Å². The number of carbonyl (C=O) groups excluding carboxylic acids is 4. The third-order valence-corrected chi connectivity index (χ3v) is 23.9. The van der Waals surface area contributed by atoms with E-state index in [0.717, 1.165) is 78.7 Å².